The molecule has 4 aromatic rings. The Morgan fingerprint density at radius 2 is 2.07 bits per heavy atom. The zero-order valence-electron chi connectivity index (χ0n) is 16.2. The smallest absolute Gasteiger partial charge is 0.160 e. The van der Waals surface area contributed by atoms with Crippen LogP contribution in [0.3, 0.4) is 0 Å². The predicted molar refractivity (Wildman–Crippen MR) is 113 cm³/mol. The maximum absolute atomic E-state index is 10.2. The van der Waals surface area contributed by atoms with Crippen molar-refractivity contribution in [1.82, 2.24) is 14.4 Å². The maximum atomic E-state index is 10.2. The van der Waals surface area contributed by atoms with Crippen LogP contribution >= 0.6 is 0 Å². The number of nitrogens with zero attached hydrogens (tertiary/aromatic N) is 4. The van der Waals surface area contributed by atoms with Gasteiger partial charge in [0, 0.05) is 29.2 Å². The van der Waals surface area contributed by atoms with Crippen LogP contribution in [-0.2, 0) is 6.42 Å². The monoisotopic (exact) mass is 401 g/mol. The van der Waals surface area contributed by atoms with E-state index < -0.39 is 0 Å². The molecule has 0 saturated heterocycles. The molecule has 0 atom stereocenters. The molecule has 0 bridgehead atoms. The summed E-state index contributed by atoms with van der Waals surface area (Å²) in [6, 6.07) is 11.2. The molecule has 2 aromatic heterocycles. The van der Waals surface area contributed by atoms with Gasteiger partial charge in [0.05, 0.1) is 19.0 Å². The van der Waals surface area contributed by atoms with Crippen molar-refractivity contribution >= 4 is 22.9 Å². The van der Waals surface area contributed by atoms with E-state index in [1.165, 1.54) is 7.11 Å². The highest BCUT2D eigenvalue weighted by Gasteiger charge is 2.20. The van der Waals surface area contributed by atoms with E-state index in [2.05, 4.69) is 21.5 Å². The fraction of sp³-hybridized carbons (Fsp3) is 0.136. The van der Waals surface area contributed by atoms with Crippen LogP contribution in [0.1, 0.15) is 17.5 Å². The Kier molecular flexibility index (Phi) is 4.24. The van der Waals surface area contributed by atoms with Crippen LogP contribution in [0.25, 0.3) is 16.9 Å². The first-order valence-corrected chi connectivity index (χ1v) is 9.48. The lowest BCUT2D eigenvalue weighted by Crippen LogP contribution is -1.99. The fourth-order valence-electron chi connectivity index (χ4n) is 3.85. The largest absolute Gasteiger partial charge is 0.504 e. The van der Waals surface area contributed by atoms with Crippen LogP contribution < -0.4 is 10.1 Å². The van der Waals surface area contributed by atoms with E-state index in [4.69, 9.17) is 14.9 Å². The van der Waals surface area contributed by atoms with Gasteiger partial charge in [-0.25, -0.2) is 4.98 Å². The highest BCUT2D eigenvalue weighted by molar-refractivity contribution is 6.04. The Balaban J connectivity index is 1.61. The molecule has 2 heterocycles. The number of benzene rings is 2. The van der Waals surface area contributed by atoms with Gasteiger partial charge in [-0.2, -0.15) is 0 Å². The van der Waals surface area contributed by atoms with Crippen molar-refractivity contribution < 1.29 is 15.1 Å². The van der Waals surface area contributed by atoms with Crippen LogP contribution in [0.2, 0.25) is 0 Å². The standard InChI is InChI=1S/C22H19N5O3/c1-30-19-7-3-14(11-18(19)28)21-22(27-9-8-23-12-20(27)25-21)24-15-4-5-16-13(10-15)2-6-17(16)26-29/h3-5,7-12,24,28-29H,2,6H2,1H3/b26-17+. The average Bonchev–Trinajstić information content (AvgIpc) is 3.35. The van der Waals surface area contributed by atoms with E-state index in [0.717, 1.165) is 41.0 Å². The lowest BCUT2D eigenvalue weighted by atomic mass is 10.1. The number of rotatable bonds is 4. The molecule has 5 rings (SSSR count). The Bertz CT molecular complexity index is 1300. The number of aromatic nitrogens is 3. The van der Waals surface area contributed by atoms with Crippen molar-refractivity contribution in [2.45, 2.75) is 12.8 Å². The van der Waals surface area contributed by atoms with Gasteiger partial charge in [0.2, 0.25) is 0 Å². The number of methoxy groups -OCH3 is 1. The molecule has 1 aliphatic rings. The van der Waals surface area contributed by atoms with E-state index in [-0.39, 0.29) is 5.75 Å². The lowest BCUT2D eigenvalue weighted by Gasteiger charge is -2.11. The van der Waals surface area contributed by atoms with Crippen LogP contribution in [0.4, 0.5) is 11.5 Å². The number of aromatic hydroxyl groups is 1. The van der Waals surface area contributed by atoms with Gasteiger partial charge in [0.1, 0.15) is 11.5 Å². The number of oxime groups is 1. The SMILES string of the molecule is COc1ccc(-c2nc3cnccn3c2Nc2ccc3c(c2)CC/C3=N\O)cc1O. The molecule has 0 fully saturated rings. The quantitative estimate of drug-likeness (QED) is 0.353. The van der Waals surface area contributed by atoms with Crippen LogP contribution in [0.15, 0.2) is 60.1 Å². The molecule has 30 heavy (non-hydrogen) atoms. The van der Waals surface area contributed by atoms with E-state index in [9.17, 15) is 5.11 Å². The van der Waals surface area contributed by atoms with Gasteiger partial charge in [-0.1, -0.05) is 11.2 Å². The first-order chi connectivity index (χ1) is 14.7. The number of phenolic OH excluding ortho intramolecular Hbond substituents is 1. The summed E-state index contributed by atoms with van der Waals surface area (Å²) in [7, 11) is 1.51. The molecule has 1 aliphatic carbocycles. The van der Waals surface area contributed by atoms with Crippen LogP contribution in [0, 0.1) is 0 Å². The maximum Gasteiger partial charge on any atom is 0.160 e. The van der Waals surface area contributed by atoms with Gasteiger partial charge in [-0.15, -0.1) is 0 Å². The van der Waals surface area contributed by atoms with E-state index >= 15 is 0 Å². The number of ether oxygens (including phenoxy) is 1. The van der Waals surface area contributed by atoms with E-state index in [1.807, 2.05) is 28.8 Å². The predicted octanol–water partition coefficient (Wildman–Crippen LogP) is 3.98. The van der Waals surface area contributed by atoms with Crippen molar-refractivity contribution in [2.75, 3.05) is 12.4 Å². The molecule has 8 heteroatoms. The highest BCUT2D eigenvalue weighted by Crippen LogP contribution is 2.36. The fourth-order valence-corrected chi connectivity index (χ4v) is 3.85. The molecule has 3 N–H and O–H groups in total. The molecule has 0 aliphatic heterocycles. The Labute approximate surface area is 172 Å². The normalized spacial score (nSPS) is 14.2. The van der Waals surface area contributed by atoms with Gasteiger partial charge >= 0.3 is 0 Å². The third-order valence-corrected chi connectivity index (χ3v) is 5.31. The topological polar surface area (TPSA) is 104 Å². The second kappa shape index (κ2) is 7.07. The first-order valence-electron chi connectivity index (χ1n) is 9.48. The molecule has 2 aromatic carbocycles. The highest BCUT2D eigenvalue weighted by atomic mass is 16.5. The third kappa shape index (κ3) is 2.89. The second-order valence-electron chi connectivity index (χ2n) is 7.04. The minimum atomic E-state index is 0.0458. The van der Waals surface area contributed by atoms with Crippen LogP contribution in [-0.4, -0.2) is 37.5 Å². The Morgan fingerprint density at radius 3 is 2.87 bits per heavy atom. The zero-order chi connectivity index (χ0) is 20.7. The van der Waals surface area contributed by atoms with E-state index in [0.29, 0.717) is 22.8 Å². The van der Waals surface area contributed by atoms with Crippen molar-refractivity contribution in [3.63, 3.8) is 0 Å². The van der Waals surface area contributed by atoms with Gasteiger partial charge in [0.25, 0.3) is 0 Å². The summed E-state index contributed by atoms with van der Waals surface area (Å²) in [5, 5.41) is 26.2. The Hall–Kier alpha value is -4.07. The summed E-state index contributed by atoms with van der Waals surface area (Å²) in [5.41, 5.74) is 5.82. The summed E-state index contributed by atoms with van der Waals surface area (Å²) in [6.07, 6.45) is 6.78. The molecule has 0 radical (unpaired) electrons. The summed E-state index contributed by atoms with van der Waals surface area (Å²) >= 11 is 0. The Morgan fingerprint density at radius 1 is 1.17 bits per heavy atom. The van der Waals surface area contributed by atoms with Crippen molar-refractivity contribution in [3.05, 3.63) is 66.1 Å². The average molecular weight is 401 g/mol. The van der Waals surface area contributed by atoms with Gasteiger partial charge in [0.15, 0.2) is 17.1 Å². The van der Waals surface area contributed by atoms with E-state index in [1.54, 1.807) is 24.5 Å². The number of imidazole rings is 1. The van der Waals surface area contributed by atoms with Crippen molar-refractivity contribution in [3.8, 4) is 22.8 Å². The molecular weight excluding hydrogens is 382 g/mol. The molecular formula is C22H19N5O3. The number of phenols is 1. The second-order valence-corrected chi connectivity index (χ2v) is 7.04. The van der Waals surface area contributed by atoms with Crippen molar-refractivity contribution in [1.29, 1.82) is 0 Å². The first kappa shape index (κ1) is 18.0. The molecule has 0 amide bonds. The number of nitrogens with one attached hydrogen (secondary N) is 1. The minimum Gasteiger partial charge on any atom is -0.504 e. The summed E-state index contributed by atoms with van der Waals surface area (Å²) < 4.78 is 7.07. The molecule has 150 valence electrons. The lowest BCUT2D eigenvalue weighted by molar-refractivity contribution is 0.318. The number of hydrogen-bond donors (Lipinski definition) is 3. The molecule has 0 unspecified atom stereocenters. The van der Waals surface area contributed by atoms with Crippen molar-refractivity contribution in [2.24, 2.45) is 5.16 Å². The number of hydrogen-bond acceptors (Lipinski definition) is 7. The molecule has 8 nitrogen and oxygen atoms in total. The molecule has 0 saturated carbocycles. The minimum absolute atomic E-state index is 0.0458. The van der Waals surface area contributed by atoms with Gasteiger partial charge in [-0.05, 0) is 48.7 Å². The summed E-state index contributed by atoms with van der Waals surface area (Å²) in [4.78, 5) is 8.87. The summed E-state index contributed by atoms with van der Waals surface area (Å²) in [5.74, 6) is 1.20. The zero-order valence-corrected chi connectivity index (χ0v) is 16.2. The van der Waals surface area contributed by atoms with Gasteiger partial charge < -0.3 is 20.4 Å². The number of aryl methyl sites for hydroxylation is 1. The van der Waals surface area contributed by atoms with Crippen LogP contribution in [0.5, 0.6) is 11.5 Å². The van der Waals surface area contributed by atoms with Gasteiger partial charge in [-0.3, -0.25) is 9.38 Å². The summed E-state index contributed by atoms with van der Waals surface area (Å²) in [6.45, 7) is 0. The third-order valence-electron chi connectivity index (χ3n) is 5.31. The molecule has 0 spiro atoms. The number of anilines is 2. The number of fused-ring (bicyclic) bond motifs is 2.